The first-order valence-corrected chi connectivity index (χ1v) is 6.90. The van der Waals surface area contributed by atoms with Crippen LogP contribution >= 0.6 is 0 Å². The number of aromatic nitrogens is 2. The van der Waals surface area contributed by atoms with Gasteiger partial charge >= 0.3 is 0 Å². The lowest BCUT2D eigenvalue weighted by molar-refractivity contribution is -0.385. The first-order chi connectivity index (χ1) is 12.0. The minimum absolute atomic E-state index is 0.0354. The van der Waals surface area contributed by atoms with E-state index in [0.717, 1.165) is 6.20 Å². The Bertz CT molecular complexity index is 743. The number of carbonyl (C=O) groups is 1. The molecular formula is C14H12N4O7. The van der Waals surface area contributed by atoms with E-state index in [1.807, 2.05) is 0 Å². The highest BCUT2D eigenvalue weighted by atomic mass is 16.7. The maximum absolute atomic E-state index is 10.3. The first kappa shape index (κ1) is 18.0. The Balaban J connectivity index is 0.000000186. The van der Waals surface area contributed by atoms with Crippen LogP contribution in [0, 0.1) is 20.2 Å². The van der Waals surface area contributed by atoms with Gasteiger partial charge in [-0.3, -0.25) is 25.0 Å². The van der Waals surface area contributed by atoms with Crippen molar-refractivity contribution in [1.82, 2.24) is 9.97 Å². The van der Waals surface area contributed by atoms with Crippen LogP contribution in [0.2, 0.25) is 0 Å². The smallest absolute Gasteiger partial charge is 0.287 e. The number of pyridine rings is 2. The average Bonchev–Trinajstić information content (AvgIpc) is 3.17. The zero-order chi connectivity index (χ0) is 18.2. The molecule has 1 aliphatic heterocycles. The van der Waals surface area contributed by atoms with Crippen LogP contribution in [0.1, 0.15) is 22.5 Å². The number of nitrogens with zero attached hydrogens (tertiary/aromatic N) is 4. The summed E-state index contributed by atoms with van der Waals surface area (Å²) >= 11 is 0. The Hall–Kier alpha value is -3.31. The van der Waals surface area contributed by atoms with Gasteiger partial charge in [-0.2, -0.15) is 0 Å². The quantitative estimate of drug-likeness (QED) is 0.458. The molecule has 0 unspecified atom stereocenters. The van der Waals surface area contributed by atoms with Gasteiger partial charge in [-0.1, -0.05) is 0 Å². The third kappa shape index (κ3) is 5.09. The summed E-state index contributed by atoms with van der Waals surface area (Å²) in [4.78, 5) is 36.8. The largest absolute Gasteiger partial charge is 0.345 e. The summed E-state index contributed by atoms with van der Waals surface area (Å²) < 4.78 is 10.4. The van der Waals surface area contributed by atoms with Crippen LogP contribution in [-0.4, -0.2) is 39.3 Å². The van der Waals surface area contributed by atoms with Crippen LogP contribution in [0.4, 0.5) is 11.4 Å². The van der Waals surface area contributed by atoms with Crippen LogP contribution in [0.15, 0.2) is 36.7 Å². The molecule has 0 N–H and O–H groups in total. The summed E-state index contributed by atoms with van der Waals surface area (Å²) in [6.07, 6.45) is 2.30. The van der Waals surface area contributed by atoms with Crippen molar-refractivity contribution < 1.29 is 24.1 Å². The number of ether oxygens (including phenoxy) is 2. The van der Waals surface area contributed by atoms with Gasteiger partial charge in [0.15, 0.2) is 6.29 Å². The van der Waals surface area contributed by atoms with E-state index in [9.17, 15) is 25.0 Å². The molecule has 130 valence electrons. The summed E-state index contributed by atoms with van der Waals surface area (Å²) in [7, 11) is 0. The monoisotopic (exact) mass is 348 g/mol. The third-order valence-electron chi connectivity index (χ3n) is 2.95. The molecule has 0 atom stereocenters. The van der Waals surface area contributed by atoms with Gasteiger partial charge in [-0.25, -0.2) is 9.97 Å². The van der Waals surface area contributed by atoms with Crippen molar-refractivity contribution in [3.8, 4) is 0 Å². The molecule has 0 aromatic carbocycles. The second kappa shape index (κ2) is 8.52. The lowest BCUT2D eigenvalue weighted by Gasteiger charge is -2.06. The summed E-state index contributed by atoms with van der Waals surface area (Å²) in [5.41, 5.74) is 0.603. The third-order valence-corrected chi connectivity index (χ3v) is 2.95. The molecular weight excluding hydrogens is 336 g/mol. The summed E-state index contributed by atoms with van der Waals surface area (Å²) in [6.45, 7) is 1.06. The van der Waals surface area contributed by atoms with Gasteiger partial charge in [-0.05, 0) is 12.1 Å². The molecule has 25 heavy (non-hydrogen) atoms. The second-order valence-electron chi connectivity index (χ2n) is 4.59. The van der Waals surface area contributed by atoms with Gasteiger partial charge in [0, 0.05) is 12.1 Å². The minimum Gasteiger partial charge on any atom is -0.345 e. The van der Waals surface area contributed by atoms with Crippen molar-refractivity contribution >= 4 is 17.7 Å². The van der Waals surface area contributed by atoms with Crippen molar-refractivity contribution in [2.24, 2.45) is 0 Å². The molecule has 2 aromatic heterocycles. The standard InChI is InChI=1S/C8H8N2O4.C6H4N2O3/c11-10(12)6-1-2-7(9-5-6)8-13-3-4-14-8;9-4-5-1-2-6(3-7-5)8(10)11/h1-2,5,8H,3-4H2;1-4H. The zero-order valence-corrected chi connectivity index (χ0v) is 12.7. The van der Waals surface area contributed by atoms with E-state index < -0.39 is 16.1 Å². The van der Waals surface area contributed by atoms with E-state index in [1.54, 1.807) is 0 Å². The van der Waals surface area contributed by atoms with E-state index in [4.69, 9.17) is 9.47 Å². The summed E-state index contributed by atoms with van der Waals surface area (Å²) in [5.74, 6) is 0. The number of hydrogen-bond donors (Lipinski definition) is 0. The Morgan fingerprint density at radius 2 is 1.52 bits per heavy atom. The van der Waals surface area contributed by atoms with Crippen molar-refractivity contribution in [2.75, 3.05) is 13.2 Å². The first-order valence-electron chi connectivity index (χ1n) is 6.90. The van der Waals surface area contributed by atoms with Crippen molar-refractivity contribution in [2.45, 2.75) is 6.29 Å². The Morgan fingerprint density at radius 3 is 1.92 bits per heavy atom. The van der Waals surface area contributed by atoms with Gasteiger partial charge in [0.1, 0.15) is 18.1 Å². The number of hydrogen-bond acceptors (Lipinski definition) is 9. The predicted molar refractivity (Wildman–Crippen MR) is 81.8 cm³/mol. The van der Waals surface area contributed by atoms with Crippen LogP contribution in [-0.2, 0) is 9.47 Å². The van der Waals surface area contributed by atoms with E-state index >= 15 is 0 Å². The molecule has 0 spiro atoms. The fraction of sp³-hybridized carbons (Fsp3) is 0.214. The predicted octanol–water partition coefficient (Wildman–Crippen LogP) is 1.84. The minimum atomic E-state index is -0.568. The molecule has 11 nitrogen and oxygen atoms in total. The van der Waals surface area contributed by atoms with Gasteiger partial charge in [0.25, 0.3) is 11.4 Å². The number of nitro groups is 2. The van der Waals surface area contributed by atoms with Crippen molar-refractivity contribution in [1.29, 1.82) is 0 Å². The molecule has 1 fully saturated rings. The normalized spacial score (nSPS) is 13.6. The fourth-order valence-electron chi connectivity index (χ4n) is 1.75. The maximum atomic E-state index is 10.3. The van der Waals surface area contributed by atoms with Crippen molar-refractivity contribution in [3.05, 3.63) is 68.3 Å². The van der Waals surface area contributed by atoms with Crippen LogP contribution < -0.4 is 0 Å². The number of aldehydes is 1. The molecule has 0 bridgehead atoms. The van der Waals surface area contributed by atoms with E-state index in [1.165, 1.54) is 30.5 Å². The van der Waals surface area contributed by atoms with Gasteiger partial charge < -0.3 is 9.47 Å². The van der Waals surface area contributed by atoms with E-state index in [-0.39, 0.29) is 17.1 Å². The van der Waals surface area contributed by atoms with Crippen LogP contribution in [0.3, 0.4) is 0 Å². The molecule has 0 radical (unpaired) electrons. The maximum Gasteiger partial charge on any atom is 0.287 e. The molecule has 0 amide bonds. The molecule has 1 saturated heterocycles. The van der Waals surface area contributed by atoms with Gasteiger partial charge in [0.05, 0.1) is 28.8 Å². The Morgan fingerprint density at radius 1 is 0.960 bits per heavy atom. The molecule has 11 heteroatoms. The summed E-state index contributed by atoms with van der Waals surface area (Å²) in [5, 5.41) is 20.4. The lowest BCUT2D eigenvalue weighted by atomic mass is 10.3. The van der Waals surface area contributed by atoms with Gasteiger partial charge in [0.2, 0.25) is 6.29 Å². The zero-order valence-electron chi connectivity index (χ0n) is 12.7. The topological polar surface area (TPSA) is 148 Å². The molecule has 3 heterocycles. The highest BCUT2D eigenvalue weighted by Gasteiger charge is 2.20. The highest BCUT2D eigenvalue weighted by Crippen LogP contribution is 2.22. The van der Waals surface area contributed by atoms with E-state index in [2.05, 4.69) is 9.97 Å². The molecule has 1 aliphatic rings. The summed E-state index contributed by atoms with van der Waals surface area (Å²) in [6, 6.07) is 5.45. The number of carbonyl (C=O) groups excluding carboxylic acids is 1. The van der Waals surface area contributed by atoms with E-state index in [0.29, 0.717) is 25.2 Å². The lowest BCUT2D eigenvalue weighted by Crippen LogP contribution is -2.01. The molecule has 0 aliphatic carbocycles. The fourth-order valence-corrected chi connectivity index (χ4v) is 1.75. The molecule has 3 rings (SSSR count). The Kier molecular flexibility index (Phi) is 6.14. The van der Waals surface area contributed by atoms with Crippen LogP contribution in [0.5, 0.6) is 0 Å². The second-order valence-corrected chi connectivity index (χ2v) is 4.59. The molecule has 2 aromatic rings. The number of rotatable bonds is 4. The molecule has 0 saturated carbocycles. The highest BCUT2D eigenvalue weighted by molar-refractivity contribution is 5.71. The average molecular weight is 348 g/mol. The van der Waals surface area contributed by atoms with Crippen molar-refractivity contribution in [3.63, 3.8) is 0 Å². The van der Waals surface area contributed by atoms with Crippen LogP contribution in [0.25, 0.3) is 0 Å². The SMILES string of the molecule is O=Cc1ccc([N+](=O)[O-])cn1.O=[N+]([O-])c1ccc(C2OCCO2)nc1. The van der Waals surface area contributed by atoms with Gasteiger partial charge in [-0.15, -0.1) is 0 Å². The Labute approximate surface area is 140 Å².